The Hall–Kier alpha value is -1.69. The molecule has 2 rings (SSSR count). The monoisotopic (exact) mass is 350 g/mol. The summed E-state index contributed by atoms with van der Waals surface area (Å²) in [6.07, 6.45) is 3.54. The Labute approximate surface area is 151 Å². The fourth-order valence-electron chi connectivity index (χ4n) is 3.09. The minimum Gasteiger partial charge on any atom is -0.444 e. The number of ether oxygens (including phenoxy) is 2. The van der Waals surface area contributed by atoms with E-state index in [1.165, 1.54) is 5.57 Å². The highest BCUT2D eigenvalue weighted by molar-refractivity contribution is 5.81. The van der Waals surface area contributed by atoms with Crippen LogP contribution in [0.5, 0.6) is 0 Å². The summed E-state index contributed by atoms with van der Waals surface area (Å²) in [6, 6.07) is 0. The average Bonchev–Trinajstić information content (AvgIpc) is 2.92. The Kier molecular flexibility index (Phi) is 6.38. The van der Waals surface area contributed by atoms with Gasteiger partial charge in [-0.05, 0) is 58.5 Å². The Morgan fingerprint density at radius 1 is 1.40 bits per heavy atom. The molecule has 6 heteroatoms. The summed E-state index contributed by atoms with van der Waals surface area (Å²) < 4.78 is 13.2. The van der Waals surface area contributed by atoms with Crippen molar-refractivity contribution in [1.29, 1.82) is 0 Å². The van der Waals surface area contributed by atoms with Gasteiger partial charge in [-0.15, -0.1) is 0 Å². The zero-order valence-corrected chi connectivity index (χ0v) is 16.3. The first-order valence-electron chi connectivity index (χ1n) is 9.14. The molecule has 140 valence electrons. The predicted octanol–water partition coefficient (Wildman–Crippen LogP) is 3.56. The number of amides is 1. The molecule has 0 N–H and O–H groups in total. The molecule has 1 amide bonds. The summed E-state index contributed by atoms with van der Waals surface area (Å²) in [5.41, 5.74) is 3.02. The number of rotatable bonds is 4. The molecule has 0 saturated carbocycles. The van der Waals surface area contributed by atoms with Crippen LogP contribution in [0.15, 0.2) is 16.4 Å². The molecule has 2 aliphatic heterocycles. The quantitative estimate of drug-likeness (QED) is 0.729. The largest absolute Gasteiger partial charge is 0.444 e. The number of nitrogens with zero attached hydrogens (tertiary/aromatic N) is 3. The predicted molar refractivity (Wildman–Crippen MR) is 99.2 cm³/mol. The van der Waals surface area contributed by atoms with Crippen molar-refractivity contribution in [3.63, 3.8) is 0 Å². The second-order valence-corrected chi connectivity index (χ2v) is 7.79. The molecule has 0 aromatic carbocycles. The Morgan fingerprint density at radius 3 is 2.76 bits per heavy atom. The summed E-state index contributed by atoms with van der Waals surface area (Å²) >= 11 is 0. The average molecular weight is 350 g/mol. The summed E-state index contributed by atoms with van der Waals surface area (Å²) in [4.78, 5) is 13.9. The third kappa shape index (κ3) is 5.66. The van der Waals surface area contributed by atoms with Crippen LogP contribution >= 0.6 is 0 Å². The van der Waals surface area contributed by atoms with Crippen molar-refractivity contribution in [2.24, 2.45) is 5.10 Å². The second-order valence-electron chi connectivity index (χ2n) is 7.79. The molecule has 6 nitrogen and oxygen atoms in total. The van der Waals surface area contributed by atoms with Crippen molar-refractivity contribution in [3.05, 3.63) is 11.3 Å². The van der Waals surface area contributed by atoms with Crippen LogP contribution in [0, 0.1) is 0 Å². The zero-order chi connectivity index (χ0) is 18.6. The van der Waals surface area contributed by atoms with Gasteiger partial charge in [0, 0.05) is 12.1 Å². The van der Waals surface area contributed by atoms with Crippen molar-refractivity contribution in [1.82, 2.24) is 4.90 Å². The zero-order valence-electron chi connectivity index (χ0n) is 16.3. The van der Waals surface area contributed by atoms with Gasteiger partial charge in [0.15, 0.2) is 6.72 Å². The minimum absolute atomic E-state index is 0.0276. The fraction of sp³-hybridized carbons (Fsp3) is 0.737. The van der Waals surface area contributed by atoms with Crippen LogP contribution in [0.25, 0.3) is 0 Å². The molecule has 1 atom stereocenters. The fourth-order valence-corrected chi connectivity index (χ4v) is 3.09. The summed E-state index contributed by atoms with van der Waals surface area (Å²) in [6.45, 7) is 15.6. The number of hydrogen-bond donors (Lipinski definition) is 0. The number of carbonyl (C=O) groups excluding carboxylic acids is 1. The first-order valence-corrected chi connectivity index (χ1v) is 9.14. The normalized spacial score (nSPS) is 22.1. The molecule has 2 heterocycles. The van der Waals surface area contributed by atoms with Crippen LogP contribution < -0.4 is 0 Å². The van der Waals surface area contributed by atoms with Crippen LogP contribution in [-0.2, 0) is 9.47 Å². The molecular formula is C19H32N3O3+. The highest BCUT2D eigenvalue weighted by Gasteiger charge is 2.31. The van der Waals surface area contributed by atoms with E-state index in [0.29, 0.717) is 19.7 Å². The maximum atomic E-state index is 12.1. The van der Waals surface area contributed by atoms with Gasteiger partial charge in [-0.1, -0.05) is 11.6 Å². The van der Waals surface area contributed by atoms with Gasteiger partial charge in [-0.25, -0.2) is 4.79 Å². The van der Waals surface area contributed by atoms with Crippen LogP contribution in [0.3, 0.4) is 0 Å². The molecular weight excluding hydrogens is 318 g/mol. The van der Waals surface area contributed by atoms with E-state index in [-0.39, 0.29) is 12.2 Å². The van der Waals surface area contributed by atoms with Crippen molar-refractivity contribution in [2.45, 2.75) is 72.0 Å². The van der Waals surface area contributed by atoms with Gasteiger partial charge in [-0.3, -0.25) is 0 Å². The molecule has 1 fully saturated rings. The maximum absolute atomic E-state index is 12.1. The van der Waals surface area contributed by atoms with Crippen LogP contribution in [0.1, 0.15) is 60.3 Å². The molecule has 25 heavy (non-hydrogen) atoms. The molecule has 0 spiro atoms. The van der Waals surface area contributed by atoms with E-state index in [0.717, 1.165) is 37.1 Å². The van der Waals surface area contributed by atoms with Gasteiger partial charge in [0.1, 0.15) is 12.2 Å². The topological polar surface area (TPSA) is 54.1 Å². The molecule has 0 bridgehead atoms. The van der Waals surface area contributed by atoms with Crippen LogP contribution in [0.4, 0.5) is 4.79 Å². The summed E-state index contributed by atoms with van der Waals surface area (Å²) in [7, 11) is 0. The lowest BCUT2D eigenvalue weighted by molar-refractivity contribution is -0.479. The summed E-state index contributed by atoms with van der Waals surface area (Å²) in [5.74, 6) is 0. The minimum atomic E-state index is -0.471. The molecule has 0 radical (unpaired) electrons. The van der Waals surface area contributed by atoms with E-state index >= 15 is 0 Å². The Balaban J connectivity index is 1.92. The third-order valence-corrected chi connectivity index (χ3v) is 4.48. The molecule has 2 aliphatic rings. The molecule has 1 saturated heterocycles. The number of allylic oxidation sites excluding steroid dienone is 1. The van der Waals surface area contributed by atoms with E-state index in [4.69, 9.17) is 9.47 Å². The molecule has 0 aliphatic carbocycles. The number of likely N-dealkylation sites (tertiary alicyclic amines) is 1. The van der Waals surface area contributed by atoms with Crippen molar-refractivity contribution in [3.8, 4) is 0 Å². The lowest BCUT2D eigenvalue weighted by Crippen LogP contribution is -2.36. The number of carbonyl (C=O) groups is 1. The van der Waals surface area contributed by atoms with Gasteiger partial charge < -0.3 is 14.4 Å². The van der Waals surface area contributed by atoms with E-state index in [1.807, 2.05) is 27.7 Å². The van der Waals surface area contributed by atoms with Crippen molar-refractivity contribution < 1.29 is 19.0 Å². The smallest absolute Gasteiger partial charge is 0.410 e. The highest BCUT2D eigenvalue weighted by atomic mass is 16.6. The van der Waals surface area contributed by atoms with Gasteiger partial charge >= 0.3 is 6.09 Å². The van der Waals surface area contributed by atoms with Gasteiger partial charge in [0.05, 0.1) is 18.4 Å². The van der Waals surface area contributed by atoms with Gasteiger partial charge in [0.2, 0.25) is 5.70 Å². The van der Waals surface area contributed by atoms with E-state index < -0.39 is 5.60 Å². The molecule has 0 aromatic heterocycles. The van der Waals surface area contributed by atoms with Crippen molar-refractivity contribution in [2.75, 3.05) is 19.7 Å². The Morgan fingerprint density at radius 2 is 2.12 bits per heavy atom. The second kappa shape index (κ2) is 8.13. The lowest BCUT2D eigenvalue weighted by atomic mass is 10.0. The number of hydrazone groups is 1. The molecule has 1 unspecified atom stereocenters. The number of hydrogen-bond acceptors (Lipinski definition) is 4. The first-order chi connectivity index (χ1) is 11.7. The van der Waals surface area contributed by atoms with Crippen molar-refractivity contribution >= 4 is 18.5 Å². The maximum Gasteiger partial charge on any atom is 0.410 e. The van der Waals surface area contributed by atoms with E-state index in [2.05, 4.69) is 18.7 Å². The summed E-state index contributed by atoms with van der Waals surface area (Å²) in [5, 5.41) is 4.50. The standard InChI is InChI=1S/C19H32N3O3/c1-7-15-9-8-14(2)20-21(6)17(15)13-24-16-10-11-22(12-16)18(23)25-19(3,4)5/h16H,6-13H2,1-5H3/q+1. The highest BCUT2D eigenvalue weighted by Crippen LogP contribution is 2.23. The first kappa shape index (κ1) is 19.6. The van der Waals surface area contributed by atoms with E-state index in [1.54, 1.807) is 9.58 Å². The Bertz CT molecular complexity index is 587. The molecule has 0 aromatic rings. The third-order valence-electron chi connectivity index (χ3n) is 4.48. The van der Waals surface area contributed by atoms with Crippen LogP contribution in [-0.4, -0.2) is 59.5 Å². The van der Waals surface area contributed by atoms with E-state index in [9.17, 15) is 4.79 Å². The van der Waals surface area contributed by atoms with Crippen LogP contribution in [0.2, 0.25) is 0 Å². The SMILES string of the molecule is C=[N+]1N=C(C)CCC(CC)=C1COC1CCN(C(=O)OC(C)(C)C)C1. The van der Waals surface area contributed by atoms with Gasteiger partial charge in [0.25, 0.3) is 0 Å². The lowest BCUT2D eigenvalue weighted by Gasteiger charge is -2.24. The van der Waals surface area contributed by atoms with Gasteiger partial charge in [-0.2, -0.15) is 0 Å².